The van der Waals surface area contributed by atoms with E-state index in [0.717, 1.165) is 23.4 Å². The van der Waals surface area contributed by atoms with Crippen molar-refractivity contribution in [2.24, 2.45) is 11.8 Å². The summed E-state index contributed by atoms with van der Waals surface area (Å²) in [4.78, 5) is 28.7. The monoisotopic (exact) mass is 415 g/mol. The van der Waals surface area contributed by atoms with Gasteiger partial charge in [-0.25, -0.2) is 0 Å². The molecule has 0 saturated heterocycles. The zero-order valence-corrected chi connectivity index (χ0v) is 17.4. The first-order chi connectivity index (χ1) is 15.1. The van der Waals surface area contributed by atoms with Crippen molar-refractivity contribution in [2.75, 3.05) is 5.32 Å². The normalized spacial score (nSPS) is 16.9. The molecule has 1 saturated carbocycles. The van der Waals surface area contributed by atoms with Crippen LogP contribution in [0.3, 0.4) is 0 Å². The number of pyridine rings is 1. The van der Waals surface area contributed by atoms with E-state index in [4.69, 9.17) is 4.74 Å². The van der Waals surface area contributed by atoms with Gasteiger partial charge in [-0.2, -0.15) is 0 Å². The number of hydrogen-bond acceptors (Lipinski definition) is 4. The van der Waals surface area contributed by atoms with Crippen molar-refractivity contribution >= 4 is 17.5 Å². The Hall–Kier alpha value is -3.67. The van der Waals surface area contributed by atoms with E-state index < -0.39 is 0 Å². The SMILES string of the molecule is CC1CC1C(=O)Nc1ccc(C(=O)NCc2cccc(OCc3ccccn3)c2)cc1. The molecule has 2 amide bonds. The van der Waals surface area contributed by atoms with E-state index in [-0.39, 0.29) is 17.7 Å². The van der Waals surface area contributed by atoms with E-state index in [1.807, 2.05) is 42.5 Å². The topological polar surface area (TPSA) is 80.3 Å². The van der Waals surface area contributed by atoms with Crippen LogP contribution in [0, 0.1) is 11.8 Å². The number of nitrogens with zero attached hydrogens (tertiary/aromatic N) is 1. The van der Waals surface area contributed by atoms with E-state index in [9.17, 15) is 9.59 Å². The summed E-state index contributed by atoms with van der Waals surface area (Å²) >= 11 is 0. The molecule has 1 aliphatic carbocycles. The van der Waals surface area contributed by atoms with Crippen LogP contribution < -0.4 is 15.4 Å². The van der Waals surface area contributed by atoms with Crippen molar-refractivity contribution < 1.29 is 14.3 Å². The highest BCUT2D eigenvalue weighted by atomic mass is 16.5. The minimum absolute atomic E-state index is 0.0508. The lowest BCUT2D eigenvalue weighted by atomic mass is 10.1. The molecule has 2 atom stereocenters. The van der Waals surface area contributed by atoms with E-state index in [0.29, 0.717) is 30.3 Å². The van der Waals surface area contributed by atoms with Crippen LogP contribution in [0.15, 0.2) is 72.9 Å². The summed E-state index contributed by atoms with van der Waals surface area (Å²) in [5.41, 5.74) is 3.04. The Morgan fingerprint density at radius 2 is 1.87 bits per heavy atom. The minimum Gasteiger partial charge on any atom is -0.487 e. The Bertz CT molecular complexity index is 1050. The first-order valence-corrected chi connectivity index (χ1v) is 10.4. The number of anilines is 1. The van der Waals surface area contributed by atoms with Gasteiger partial charge in [0, 0.05) is 29.9 Å². The van der Waals surface area contributed by atoms with Crippen LogP contribution in [0.1, 0.15) is 35.0 Å². The van der Waals surface area contributed by atoms with Crippen LogP contribution in [0.2, 0.25) is 0 Å². The summed E-state index contributed by atoms with van der Waals surface area (Å²) in [5, 5.41) is 5.82. The van der Waals surface area contributed by atoms with Crippen LogP contribution in [-0.4, -0.2) is 16.8 Å². The van der Waals surface area contributed by atoms with E-state index in [2.05, 4.69) is 22.5 Å². The van der Waals surface area contributed by atoms with Crippen molar-refractivity contribution in [2.45, 2.75) is 26.5 Å². The fraction of sp³-hybridized carbons (Fsp3) is 0.240. The maximum absolute atomic E-state index is 12.5. The number of hydrogen-bond donors (Lipinski definition) is 2. The number of carbonyl (C=O) groups excluding carboxylic acids is 2. The predicted octanol–water partition coefficient (Wildman–Crippen LogP) is 4.19. The van der Waals surface area contributed by atoms with Crippen molar-refractivity contribution in [3.63, 3.8) is 0 Å². The lowest BCUT2D eigenvalue weighted by Crippen LogP contribution is -2.22. The van der Waals surface area contributed by atoms with Gasteiger partial charge in [-0.05, 0) is 66.4 Å². The number of ether oxygens (including phenoxy) is 1. The number of aromatic nitrogens is 1. The fourth-order valence-electron chi connectivity index (χ4n) is 3.30. The molecule has 1 aliphatic rings. The van der Waals surface area contributed by atoms with Crippen LogP contribution >= 0.6 is 0 Å². The second kappa shape index (κ2) is 9.43. The zero-order valence-electron chi connectivity index (χ0n) is 17.4. The average molecular weight is 415 g/mol. The Morgan fingerprint density at radius 3 is 2.58 bits per heavy atom. The summed E-state index contributed by atoms with van der Waals surface area (Å²) in [6.45, 7) is 2.84. The molecule has 31 heavy (non-hydrogen) atoms. The molecule has 1 aromatic heterocycles. The molecule has 2 N–H and O–H groups in total. The molecule has 3 aromatic rings. The molecule has 2 unspecified atom stereocenters. The molecule has 158 valence electrons. The first kappa shape index (κ1) is 20.6. The van der Waals surface area contributed by atoms with Gasteiger partial charge in [-0.15, -0.1) is 0 Å². The van der Waals surface area contributed by atoms with Crippen LogP contribution in [0.25, 0.3) is 0 Å². The summed E-state index contributed by atoms with van der Waals surface area (Å²) in [5.74, 6) is 1.18. The standard InChI is InChI=1S/C25H25N3O3/c1-17-13-23(17)25(30)28-20-10-8-19(9-11-20)24(29)27-15-18-5-4-7-22(14-18)31-16-21-6-2-3-12-26-21/h2-12,14,17,23H,13,15-16H2,1H3,(H,27,29)(H,28,30). The lowest BCUT2D eigenvalue weighted by Gasteiger charge is -2.10. The van der Waals surface area contributed by atoms with Gasteiger partial charge in [-0.3, -0.25) is 14.6 Å². The van der Waals surface area contributed by atoms with Crippen LogP contribution in [0.4, 0.5) is 5.69 Å². The van der Waals surface area contributed by atoms with Crippen LogP contribution in [-0.2, 0) is 17.9 Å². The lowest BCUT2D eigenvalue weighted by molar-refractivity contribution is -0.117. The summed E-state index contributed by atoms with van der Waals surface area (Å²) in [7, 11) is 0. The van der Waals surface area contributed by atoms with Gasteiger partial charge in [0.1, 0.15) is 12.4 Å². The molecule has 0 bridgehead atoms. The zero-order chi connectivity index (χ0) is 21.6. The third-order valence-corrected chi connectivity index (χ3v) is 5.33. The molecule has 4 rings (SSSR count). The second-order valence-electron chi connectivity index (χ2n) is 7.83. The van der Waals surface area contributed by atoms with E-state index >= 15 is 0 Å². The molecule has 6 nitrogen and oxygen atoms in total. The smallest absolute Gasteiger partial charge is 0.251 e. The highest BCUT2D eigenvalue weighted by Crippen LogP contribution is 2.38. The molecule has 0 aliphatic heterocycles. The number of amides is 2. The minimum atomic E-state index is -0.173. The fourth-order valence-corrected chi connectivity index (χ4v) is 3.30. The Kier molecular flexibility index (Phi) is 6.26. The Balaban J connectivity index is 1.27. The van der Waals surface area contributed by atoms with Crippen LogP contribution in [0.5, 0.6) is 5.75 Å². The molecular weight excluding hydrogens is 390 g/mol. The van der Waals surface area contributed by atoms with E-state index in [1.165, 1.54) is 0 Å². The van der Waals surface area contributed by atoms with Crippen molar-refractivity contribution in [3.8, 4) is 5.75 Å². The van der Waals surface area contributed by atoms with E-state index in [1.54, 1.807) is 30.5 Å². The van der Waals surface area contributed by atoms with Crippen molar-refractivity contribution in [1.82, 2.24) is 10.3 Å². The molecular formula is C25H25N3O3. The molecule has 1 fully saturated rings. The van der Waals surface area contributed by atoms with Gasteiger partial charge in [0.2, 0.25) is 5.91 Å². The second-order valence-corrected chi connectivity index (χ2v) is 7.83. The van der Waals surface area contributed by atoms with Crippen molar-refractivity contribution in [3.05, 3.63) is 89.7 Å². The third-order valence-electron chi connectivity index (χ3n) is 5.33. The third kappa shape index (κ3) is 5.69. The number of rotatable bonds is 8. The Labute approximate surface area is 181 Å². The first-order valence-electron chi connectivity index (χ1n) is 10.4. The largest absolute Gasteiger partial charge is 0.487 e. The molecule has 6 heteroatoms. The number of nitrogens with one attached hydrogen (secondary N) is 2. The molecule has 0 radical (unpaired) electrons. The van der Waals surface area contributed by atoms with Gasteiger partial charge in [0.25, 0.3) is 5.91 Å². The molecule has 2 aromatic carbocycles. The average Bonchev–Trinajstić information content (AvgIpc) is 3.54. The molecule has 0 spiro atoms. The maximum Gasteiger partial charge on any atom is 0.251 e. The summed E-state index contributed by atoms with van der Waals surface area (Å²) < 4.78 is 5.79. The van der Waals surface area contributed by atoms with Gasteiger partial charge < -0.3 is 15.4 Å². The Morgan fingerprint density at radius 1 is 1.06 bits per heavy atom. The number of benzene rings is 2. The summed E-state index contributed by atoms with van der Waals surface area (Å²) in [6.07, 6.45) is 2.68. The quantitative estimate of drug-likeness (QED) is 0.578. The highest BCUT2D eigenvalue weighted by Gasteiger charge is 2.39. The summed E-state index contributed by atoms with van der Waals surface area (Å²) in [6, 6.07) is 20.3. The van der Waals surface area contributed by atoms with Gasteiger partial charge in [0.05, 0.1) is 5.69 Å². The molecule has 1 heterocycles. The van der Waals surface area contributed by atoms with Crippen molar-refractivity contribution in [1.29, 1.82) is 0 Å². The van der Waals surface area contributed by atoms with Gasteiger partial charge in [0.15, 0.2) is 0 Å². The van der Waals surface area contributed by atoms with Gasteiger partial charge >= 0.3 is 0 Å². The van der Waals surface area contributed by atoms with Gasteiger partial charge in [-0.1, -0.05) is 25.1 Å². The maximum atomic E-state index is 12.5. The number of carbonyl (C=O) groups is 2. The highest BCUT2D eigenvalue weighted by molar-refractivity contribution is 5.96. The predicted molar refractivity (Wildman–Crippen MR) is 119 cm³/mol.